The van der Waals surface area contributed by atoms with Gasteiger partial charge in [0.1, 0.15) is 5.00 Å². The number of rotatable bonds is 7. The molecule has 27 heavy (non-hydrogen) atoms. The third-order valence-corrected chi connectivity index (χ3v) is 6.07. The highest BCUT2D eigenvalue weighted by molar-refractivity contribution is 8.00. The summed E-state index contributed by atoms with van der Waals surface area (Å²) in [7, 11) is 0. The third kappa shape index (κ3) is 4.90. The van der Waals surface area contributed by atoms with Crippen LogP contribution in [0.4, 0.5) is 5.00 Å². The quantitative estimate of drug-likeness (QED) is 0.546. The van der Waals surface area contributed by atoms with Gasteiger partial charge in [0.05, 0.1) is 11.3 Å². The van der Waals surface area contributed by atoms with Gasteiger partial charge >= 0.3 is 5.97 Å². The average molecular weight is 405 g/mol. The number of aryl methyl sites for hydroxylation is 2. The van der Waals surface area contributed by atoms with E-state index in [2.05, 4.69) is 17.4 Å². The van der Waals surface area contributed by atoms with Crippen LogP contribution in [0.5, 0.6) is 0 Å². The number of nitrogens with two attached hydrogens (primary N) is 1. The first-order valence-electron chi connectivity index (χ1n) is 8.56. The maximum absolute atomic E-state index is 12.2. The number of carbonyl (C=O) groups excluding carboxylic acids is 3. The molecule has 2 aromatic rings. The number of thiophene rings is 1. The van der Waals surface area contributed by atoms with Crippen LogP contribution in [0.2, 0.25) is 0 Å². The molecule has 0 aliphatic heterocycles. The number of carbonyl (C=O) groups is 3. The minimum absolute atomic E-state index is 0.127. The lowest BCUT2D eigenvalue weighted by atomic mass is 10.1. The van der Waals surface area contributed by atoms with E-state index < -0.39 is 23.9 Å². The molecule has 142 valence electrons. The number of primary amides is 1. The van der Waals surface area contributed by atoms with Crippen molar-refractivity contribution in [3.8, 4) is 0 Å². The summed E-state index contributed by atoms with van der Waals surface area (Å²) in [5.74, 6) is -1.47. The maximum atomic E-state index is 12.2. The molecule has 1 atom stereocenters. The SMILES string of the molecule is C[C@H](OC(=O)CSc1ccc2c(c1)CCC2)C(=O)Nc1sccc1C(N)=O. The molecular formula is C19H20N2O4S2. The lowest BCUT2D eigenvalue weighted by Crippen LogP contribution is -2.31. The number of hydrogen-bond acceptors (Lipinski definition) is 6. The summed E-state index contributed by atoms with van der Waals surface area (Å²) >= 11 is 2.58. The molecule has 1 heterocycles. The summed E-state index contributed by atoms with van der Waals surface area (Å²) in [6, 6.07) is 7.79. The second kappa shape index (κ2) is 8.58. The Bertz CT molecular complexity index is 878. The molecule has 2 amide bonds. The zero-order valence-corrected chi connectivity index (χ0v) is 16.5. The van der Waals surface area contributed by atoms with Crippen LogP contribution >= 0.6 is 23.1 Å². The largest absolute Gasteiger partial charge is 0.452 e. The van der Waals surface area contributed by atoms with Crippen LogP contribution in [-0.4, -0.2) is 29.6 Å². The summed E-state index contributed by atoms with van der Waals surface area (Å²) in [6.07, 6.45) is 2.42. The molecule has 1 aliphatic carbocycles. The number of anilines is 1. The van der Waals surface area contributed by atoms with Crippen LogP contribution in [0.15, 0.2) is 34.5 Å². The number of esters is 1. The second-order valence-electron chi connectivity index (χ2n) is 6.22. The van der Waals surface area contributed by atoms with Gasteiger partial charge in [-0.1, -0.05) is 6.07 Å². The molecule has 0 unspecified atom stereocenters. The standard InChI is InChI=1S/C19H20N2O4S2/c1-11(18(24)21-19-15(17(20)23)7-8-26-19)25-16(22)10-27-14-6-5-12-3-2-4-13(12)9-14/h5-9,11H,2-4,10H2,1H3,(H2,20,23)(H,21,24)/t11-/m0/s1. The van der Waals surface area contributed by atoms with Crippen molar-refractivity contribution in [2.45, 2.75) is 37.2 Å². The van der Waals surface area contributed by atoms with Gasteiger partial charge in [-0.15, -0.1) is 23.1 Å². The molecule has 0 bridgehead atoms. The van der Waals surface area contributed by atoms with Gasteiger partial charge in [0.2, 0.25) is 0 Å². The molecule has 6 nitrogen and oxygen atoms in total. The van der Waals surface area contributed by atoms with Crippen molar-refractivity contribution in [1.82, 2.24) is 0 Å². The Morgan fingerprint density at radius 3 is 2.81 bits per heavy atom. The van der Waals surface area contributed by atoms with E-state index in [1.54, 1.807) is 5.38 Å². The number of benzene rings is 1. The van der Waals surface area contributed by atoms with E-state index in [0.29, 0.717) is 5.00 Å². The molecule has 3 rings (SSSR count). The smallest absolute Gasteiger partial charge is 0.317 e. The molecule has 3 N–H and O–H groups in total. The number of amides is 2. The van der Waals surface area contributed by atoms with Crippen LogP contribution in [0, 0.1) is 0 Å². The van der Waals surface area contributed by atoms with E-state index in [1.165, 1.54) is 53.6 Å². The highest BCUT2D eigenvalue weighted by atomic mass is 32.2. The van der Waals surface area contributed by atoms with Gasteiger partial charge in [-0.25, -0.2) is 0 Å². The summed E-state index contributed by atoms with van der Waals surface area (Å²) in [5.41, 5.74) is 8.22. The maximum Gasteiger partial charge on any atom is 0.317 e. The third-order valence-electron chi connectivity index (χ3n) is 4.27. The molecule has 1 aromatic heterocycles. The number of hydrogen-bond donors (Lipinski definition) is 2. The van der Waals surface area contributed by atoms with Crippen molar-refractivity contribution in [3.63, 3.8) is 0 Å². The monoisotopic (exact) mass is 404 g/mol. The Morgan fingerprint density at radius 1 is 1.26 bits per heavy atom. The van der Waals surface area contributed by atoms with Crippen molar-refractivity contribution >= 4 is 45.9 Å². The zero-order chi connectivity index (χ0) is 19.4. The Hall–Kier alpha value is -2.32. The van der Waals surface area contributed by atoms with Crippen LogP contribution in [-0.2, 0) is 27.2 Å². The molecular weight excluding hydrogens is 384 g/mol. The number of thioether (sulfide) groups is 1. The average Bonchev–Trinajstić information content (AvgIpc) is 3.28. The first kappa shape index (κ1) is 19.4. The van der Waals surface area contributed by atoms with Crippen LogP contribution in [0.3, 0.4) is 0 Å². The second-order valence-corrected chi connectivity index (χ2v) is 8.19. The van der Waals surface area contributed by atoms with Crippen LogP contribution in [0.1, 0.15) is 34.8 Å². The van der Waals surface area contributed by atoms with E-state index in [9.17, 15) is 14.4 Å². The van der Waals surface area contributed by atoms with Gasteiger partial charge in [0.25, 0.3) is 11.8 Å². The highest BCUT2D eigenvalue weighted by Crippen LogP contribution is 2.28. The first-order chi connectivity index (χ1) is 12.9. The first-order valence-corrected chi connectivity index (χ1v) is 10.4. The van der Waals surface area contributed by atoms with Crippen molar-refractivity contribution in [2.75, 3.05) is 11.1 Å². The minimum atomic E-state index is -0.971. The van der Waals surface area contributed by atoms with Gasteiger partial charge in [0.15, 0.2) is 6.10 Å². The van der Waals surface area contributed by atoms with Gasteiger partial charge in [-0.2, -0.15) is 0 Å². The van der Waals surface area contributed by atoms with E-state index in [-0.39, 0.29) is 11.3 Å². The molecule has 0 saturated carbocycles. The molecule has 0 radical (unpaired) electrons. The zero-order valence-electron chi connectivity index (χ0n) is 14.8. The van der Waals surface area contributed by atoms with E-state index >= 15 is 0 Å². The van der Waals surface area contributed by atoms with Crippen molar-refractivity contribution in [1.29, 1.82) is 0 Å². The van der Waals surface area contributed by atoms with Gasteiger partial charge in [-0.05, 0) is 60.9 Å². The number of nitrogens with one attached hydrogen (secondary N) is 1. The molecule has 8 heteroatoms. The van der Waals surface area contributed by atoms with Gasteiger partial charge in [0, 0.05) is 4.90 Å². The van der Waals surface area contributed by atoms with Gasteiger partial charge in [-0.3, -0.25) is 14.4 Å². The van der Waals surface area contributed by atoms with Crippen LogP contribution < -0.4 is 11.1 Å². The van der Waals surface area contributed by atoms with Gasteiger partial charge < -0.3 is 15.8 Å². The minimum Gasteiger partial charge on any atom is -0.452 e. The van der Waals surface area contributed by atoms with E-state index in [0.717, 1.165) is 17.7 Å². The predicted molar refractivity (Wildman–Crippen MR) is 106 cm³/mol. The topological polar surface area (TPSA) is 98.5 Å². The lowest BCUT2D eigenvalue weighted by Gasteiger charge is -2.13. The molecule has 0 saturated heterocycles. The molecule has 0 fully saturated rings. The number of fused-ring (bicyclic) bond motifs is 1. The predicted octanol–water partition coefficient (Wildman–Crippen LogP) is 3.00. The fourth-order valence-corrected chi connectivity index (χ4v) is 4.42. The summed E-state index contributed by atoms with van der Waals surface area (Å²) < 4.78 is 5.19. The molecule has 1 aromatic carbocycles. The van der Waals surface area contributed by atoms with Crippen LogP contribution in [0.25, 0.3) is 0 Å². The summed E-state index contributed by atoms with van der Waals surface area (Å²) in [4.78, 5) is 36.5. The lowest BCUT2D eigenvalue weighted by molar-refractivity contribution is -0.150. The van der Waals surface area contributed by atoms with Crippen molar-refractivity contribution in [2.24, 2.45) is 5.73 Å². The summed E-state index contributed by atoms with van der Waals surface area (Å²) in [5, 5.41) is 4.58. The highest BCUT2D eigenvalue weighted by Gasteiger charge is 2.21. The van der Waals surface area contributed by atoms with Crippen molar-refractivity contribution < 1.29 is 19.1 Å². The van der Waals surface area contributed by atoms with Crippen molar-refractivity contribution in [3.05, 3.63) is 46.3 Å². The molecule has 1 aliphatic rings. The number of ether oxygens (including phenoxy) is 1. The Balaban J connectivity index is 1.49. The Labute approximate surface area is 165 Å². The Kier molecular flexibility index (Phi) is 6.18. The molecule has 0 spiro atoms. The summed E-state index contributed by atoms with van der Waals surface area (Å²) in [6.45, 7) is 1.49. The fraction of sp³-hybridized carbons (Fsp3) is 0.316. The van der Waals surface area contributed by atoms with E-state index in [4.69, 9.17) is 10.5 Å². The fourth-order valence-electron chi connectivity index (χ4n) is 2.88. The Morgan fingerprint density at radius 2 is 2.04 bits per heavy atom. The normalized spacial score (nSPS) is 13.7. The van der Waals surface area contributed by atoms with E-state index in [1.807, 2.05) is 6.07 Å².